The van der Waals surface area contributed by atoms with Gasteiger partial charge in [-0.1, -0.05) is 72.8 Å². The van der Waals surface area contributed by atoms with Gasteiger partial charge in [-0.15, -0.1) is 0 Å². The second-order valence-corrected chi connectivity index (χ2v) is 7.62. The number of nitrogens with zero attached hydrogens (tertiary/aromatic N) is 2. The molecule has 28 heavy (non-hydrogen) atoms. The molecule has 0 atom stereocenters. The lowest BCUT2D eigenvalue weighted by Crippen LogP contribution is -2.18. The lowest BCUT2D eigenvalue weighted by Gasteiger charge is -2.15. The Kier molecular flexibility index (Phi) is 4.64. The number of pyridine rings is 1. The van der Waals surface area contributed by atoms with Crippen LogP contribution < -0.4 is 0 Å². The molecule has 2 nitrogen and oxygen atoms in total. The first-order valence-corrected chi connectivity index (χ1v) is 10.1. The van der Waals surface area contributed by atoms with E-state index < -0.39 is 0 Å². The minimum Gasteiger partial charge on any atom is -0.299 e. The minimum absolute atomic E-state index is 1.04. The van der Waals surface area contributed by atoms with Crippen molar-refractivity contribution in [3.05, 3.63) is 90.5 Å². The third kappa shape index (κ3) is 3.44. The van der Waals surface area contributed by atoms with E-state index in [0.717, 1.165) is 23.3 Å². The zero-order chi connectivity index (χ0) is 18.8. The molecular formula is C26H24N2. The third-order valence-electron chi connectivity index (χ3n) is 5.64. The van der Waals surface area contributed by atoms with Gasteiger partial charge < -0.3 is 0 Å². The molecule has 138 valence electrons. The molecule has 0 N–H and O–H groups in total. The summed E-state index contributed by atoms with van der Waals surface area (Å²) in [7, 11) is 0. The molecule has 1 fully saturated rings. The number of rotatable bonds is 4. The van der Waals surface area contributed by atoms with Gasteiger partial charge >= 0.3 is 0 Å². The summed E-state index contributed by atoms with van der Waals surface area (Å²) in [6.45, 7) is 3.52. The van der Waals surface area contributed by atoms with Gasteiger partial charge in [-0.05, 0) is 49.2 Å². The monoisotopic (exact) mass is 364 g/mol. The maximum absolute atomic E-state index is 5.02. The van der Waals surface area contributed by atoms with Crippen LogP contribution in [0.1, 0.15) is 18.4 Å². The number of aromatic nitrogens is 1. The molecule has 2 heteroatoms. The topological polar surface area (TPSA) is 16.1 Å². The fourth-order valence-electron chi connectivity index (χ4n) is 4.14. The Balaban J connectivity index is 1.57. The molecule has 0 spiro atoms. The van der Waals surface area contributed by atoms with Gasteiger partial charge in [0.25, 0.3) is 0 Å². The van der Waals surface area contributed by atoms with Crippen molar-refractivity contribution in [2.45, 2.75) is 19.4 Å². The molecule has 5 rings (SSSR count). The average Bonchev–Trinajstić information content (AvgIpc) is 3.27. The lowest BCUT2D eigenvalue weighted by molar-refractivity contribution is 0.331. The Bertz CT molecular complexity index is 1080. The van der Waals surface area contributed by atoms with E-state index >= 15 is 0 Å². The highest BCUT2D eigenvalue weighted by molar-refractivity contribution is 5.91. The van der Waals surface area contributed by atoms with E-state index in [4.69, 9.17) is 4.98 Å². The molecule has 0 radical (unpaired) electrons. The Morgan fingerprint density at radius 1 is 0.714 bits per heavy atom. The van der Waals surface area contributed by atoms with Crippen molar-refractivity contribution in [3.8, 4) is 22.4 Å². The lowest BCUT2D eigenvalue weighted by atomic mass is 9.96. The van der Waals surface area contributed by atoms with Gasteiger partial charge in [-0.2, -0.15) is 0 Å². The summed E-state index contributed by atoms with van der Waals surface area (Å²) in [6, 6.07) is 30.2. The molecule has 1 aromatic heterocycles. The van der Waals surface area contributed by atoms with Crippen LogP contribution in [-0.4, -0.2) is 23.0 Å². The van der Waals surface area contributed by atoms with Gasteiger partial charge in [-0.3, -0.25) is 4.90 Å². The molecule has 1 saturated heterocycles. The van der Waals surface area contributed by atoms with Crippen LogP contribution in [0.5, 0.6) is 0 Å². The van der Waals surface area contributed by atoms with E-state index in [1.165, 1.54) is 48.0 Å². The highest BCUT2D eigenvalue weighted by Gasteiger charge is 2.13. The van der Waals surface area contributed by atoms with Gasteiger partial charge in [0.05, 0.1) is 11.2 Å². The van der Waals surface area contributed by atoms with Crippen LogP contribution in [0.3, 0.4) is 0 Å². The summed E-state index contributed by atoms with van der Waals surface area (Å²) in [5.74, 6) is 0. The third-order valence-corrected chi connectivity index (χ3v) is 5.64. The van der Waals surface area contributed by atoms with Crippen molar-refractivity contribution in [1.82, 2.24) is 9.88 Å². The molecule has 4 aromatic rings. The van der Waals surface area contributed by atoms with E-state index in [1.807, 2.05) is 0 Å². The van der Waals surface area contributed by atoms with Crippen molar-refractivity contribution in [2.24, 2.45) is 0 Å². The Morgan fingerprint density at radius 2 is 1.43 bits per heavy atom. The molecular weight excluding hydrogens is 340 g/mol. The average molecular weight is 364 g/mol. The summed E-state index contributed by atoms with van der Waals surface area (Å²) in [4.78, 5) is 7.56. The maximum atomic E-state index is 5.02. The van der Waals surface area contributed by atoms with Crippen LogP contribution in [0.25, 0.3) is 33.3 Å². The summed E-state index contributed by atoms with van der Waals surface area (Å²) in [5, 5.41) is 1.18. The fraction of sp³-hybridized carbons (Fsp3) is 0.192. The van der Waals surface area contributed by atoms with Crippen molar-refractivity contribution >= 4 is 10.9 Å². The predicted molar refractivity (Wildman–Crippen MR) is 117 cm³/mol. The second kappa shape index (κ2) is 7.57. The van der Waals surface area contributed by atoms with Crippen molar-refractivity contribution < 1.29 is 0 Å². The van der Waals surface area contributed by atoms with Gasteiger partial charge in [0, 0.05) is 23.1 Å². The Hall–Kier alpha value is -2.97. The molecule has 0 bridgehead atoms. The number of hydrogen-bond acceptors (Lipinski definition) is 2. The quantitative estimate of drug-likeness (QED) is 0.431. The first-order valence-electron chi connectivity index (χ1n) is 10.1. The van der Waals surface area contributed by atoms with Crippen LogP contribution in [-0.2, 0) is 6.54 Å². The standard InChI is InChI=1S/C26H24N2/c1-2-8-22(9-3-1)26-24(18-23-10-4-5-11-25(23)27-26)21-14-12-20(13-15-21)19-28-16-6-7-17-28/h1-5,8-15,18H,6-7,16-17,19H2. The number of para-hydroxylation sites is 1. The predicted octanol–water partition coefficient (Wildman–Crippen LogP) is 6.16. The summed E-state index contributed by atoms with van der Waals surface area (Å²) >= 11 is 0. The Labute approximate surface area is 166 Å². The smallest absolute Gasteiger partial charge is 0.0788 e. The largest absolute Gasteiger partial charge is 0.299 e. The number of likely N-dealkylation sites (tertiary alicyclic amines) is 1. The summed E-state index contributed by atoms with van der Waals surface area (Å²) < 4.78 is 0. The molecule has 0 saturated carbocycles. The minimum atomic E-state index is 1.04. The molecule has 0 amide bonds. The van der Waals surface area contributed by atoms with E-state index in [-0.39, 0.29) is 0 Å². The number of benzene rings is 3. The fourth-order valence-corrected chi connectivity index (χ4v) is 4.14. The zero-order valence-electron chi connectivity index (χ0n) is 16.0. The van der Waals surface area contributed by atoms with E-state index in [0.29, 0.717) is 0 Å². The summed E-state index contributed by atoms with van der Waals surface area (Å²) in [5.41, 5.74) is 7.05. The highest BCUT2D eigenvalue weighted by atomic mass is 15.1. The highest BCUT2D eigenvalue weighted by Crippen LogP contribution is 2.33. The van der Waals surface area contributed by atoms with E-state index in [2.05, 4.69) is 89.8 Å². The molecule has 0 aliphatic carbocycles. The van der Waals surface area contributed by atoms with Crippen molar-refractivity contribution in [2.75, 3.05) is 13.1 Å². The SMILES string of the molecule is c1ccc(-c2nc3ccccc3cc2-c2ccc(CN3CCCC3)cc2)cc1. The normalized spacial score (nSPS) is 14.6. The first kappa shape index (κ1) is 17.2. The molecule has 0 unspecified atom stereocenters. The van der Waals surface area contributed by atoms with Gasteiger partial charge in [-0.25, -0.2) is 4.98 Å². The van der Waals surface area contributed by atoms with E-state index in [1.54, 1.807) is 0 Å². The van der Waals surface area contributed by atoms with Gasteiger partial charge in [0.15, 0.2) is 0 Å². The zero-order valence-corrected chi connectivity index (χ0v) is 16.0. The first-order chi connectivity index (χ1) is 13.9. The van der Waals surface area contributed by atoms with E-state index in [9.17, 15) is 0 Å². The van der Waals surface area contributed by atoms with Crippen molar-refractivity contribution in [3.63, 3.8) is 0 Å². The van der Waals surface area contributed by atoms with Crippen LogP contribution in [0.4, 0.5) is 0 Å². The van der Waals surface area contributed by atoms with Crippen LogP contribution in [0.15, 0.2) is 84.9 Å². The number of fused-ring (bicyclic) bond motifs is 1. The van der Waals surface area contributed by atoms with Crippen LogP contribution >= 0.6 is 0 Å². The van der Waals surface area contributed by atoms with Gasteiger partial charge in [0.2, 0.25) is 0 Å². The molecule has 1 aliphatic rings. The maximum Gasteiger partial charge on any atom is 0.0788 e. The second-order valence-electron chi connectivity index (χ2n) is 7.62. The number of hydrogen-bond donors (Lipinski definition) is 0. The molecule has 3 aromatic carbocycles. The van der Waals surface area contributed by atoms with Crippen LogP contribution in [0, 0.1) is 0 Å². The van der Waals surface area contributed by atoms with Crippen molar-refractivity contribution in [1.29, 1.82) is 0 Å². The van der Waals surface area contributed by atoms with Gasteiger partial charge in [0.1, 0.15) is 0 Å². The van der Waals surface area contributed by atoms with Crippen LogP contribution in [0.2, 0.25) is 0 Å². The Morgan fingerprint density at radius 3 is 2.21 bits per heavy atom. The molecule has 1 aliphatic heterocycles. The molecule has 2 heterocycles. The summed E-state index contributed by atoms with van der Waals surface area (Å²) in [6.07, 6.45) is 2.67.